The van der Waals surface area contributed by atoms with Crippen LogP contribution in [0, 0.1) is 12.8 Å². The van der Waals surface area contributed by atoms with Gasteiger partial charge in [-0.15, -0.1) is 0 Å². The quantitative estimate of drug-likeness (QED) is 0.856. The number of nitrogens with two attached hydrogens (primary N) is 1. The van der Waals surface area contributed by atoms with E-state index < -0.39 is 6.04 Å². The standard InChI is InChI=1S/C14H21N3O/c1-9(2)13(15)14(18)17-7-6-12-11(8-17)5-4-10(3)16-12/h4-5,9,13H,6-8,15H2,1-3H3. The molecule has 1 aromatic rings. The van der Waals surface area contributed by atoms with Gasteiger partial charge in [-0.2, -0.15) is 0 Å². The summed E-state index contributed by atoms with van der Waals surface area (Å²) in [5, 5.41) is 0. The molecule has 0 aromatic carbocycles. The molecule has 1 amide bonds. The molecule has 1 aliphatic rings. The Labute approximate surface area is 108 Å². The minimum atomic E-state index is -0.398. The molecule has 0 radical (unpaired) electrons. The first kappa shape index (κ1) is 13.0. The zero-order valence-electron chi connectivity index (χ0n) is 11.3. The number of carbonyl (C=O) groups is 1. The lowest BCUT2D eigenvalue weighted by Crippen LogP contribution is -2.48. The van der Waals surface area contributed by atoms with Crippen molar-refractivity contribution in [3.63, 3.8) is 0 Å². The number of aryl methyl sites for hydroxylation is 1. The van der Waals surface area contributed by atoms with Crippen molar-refractivity contribution in [2.24, 2.45) is 11.7 Å². The van der Waals surface area contributed by atoms with E-state index in [1.165, 1.54) is 0 Å². The number of rotatable bonds is 2. The smallest absolute Gasteiger partial charge is 0.240 e. The van der Waals surface area contributed by atoms with E-state index in [1.807, 2.05) is 31.7 Å². The molecule has 0 aliphatic carbocycles. The number of nitrogens with zero attached hydrogens (tertiary/aromatic N) is 2. The van der Waals surface area contributed by atoms with Crippen molar-refractivity contribution in [1.29, 1.82) is 0 Å². The molecule has 18 heavy (non-hydrogen) atoms. The van der Waals surface area contributed by atoms with E-state index in [-0.39, 0.29) is 11.8 Å². The number of hydrogen-bond donors (Lipinski definition) is 1. The Morgan fingerprint density at radius 2 is 2.17 bits per heavy atom. The van der Waals surface area contributed by atoms with Crippen LogP contribution < -0.4 is 5.73 Å². The Bertz CT molecular complexity index is 456. The summed E-state index contributed by atoms with van der Waals surface area (Å²) in [6.45, 7) is 7.31. The second-order valence-electron chi connectivity index (χ2n) is 5.34. The molecule has 4 nitrogen and oxygen atoms in total. The highest BCUT2D eigenvalue weighted by atomic mass is 16.2. The second-order valence-corrected chi connectivity index (χ2v) is 5.34. The first-order valence-electron chi connectivity index (χ1n) is 6.49. The highest BCUT2D eigenvalue weighted by Gasteiger charge is 2.27. The molecular weight excluding hydrogens is 226 g/mol. The maximum absolute atomic E-state index is 12.2. The molecule has 1 aromatic heterocycles. The average molecular weight is 247 g/mol. The lowest BCUT2D eigenvalue weighted by atomic mass is 10.0. The van der Waals surface area contributed by atoms with Crippen molar-refractivity contribution >= 4 is 5.91 Å². The zero-order chi connectivity index (χ0) is 13.3. The lowest BCUT2D eigenvalue weighted by Gasteiger charge is -2.31. The predicted octanol–water partition coefficient (Wildman–Crippen LogP) is 1.26. The Hall–Kier alpha value is -1.42. The molecule has 0 bridgehead atoms. The van der Waals surface area contributed by atoms with Crippen LogP contribution in [0.4, 0.5) is 0 Å². The third kappa shape index (κ3) is 2.53. The van der Waals surface area contributed by atoms with Crippen molar-refractivity contribution < 1.29 is 4.79 Å². The van der Waals surface area contributed by atoms with Gasteiger partial charge in [-0.3, -0.25) is 9.78 Å². The third-order valence-corrected chi connectivity index (χ3v) is 3.50. The first-order chi connectivity index (χ1) is 8.49. The SMILES string of the molecule is Cc1ccc2c(n1)CCN(C(=O)C(N)C(C)C)C2. The Morgan fingerprint density at radius 1 is 1.44 bits per heavy atom. The summed E-state index contributed by atoms with van der Waals surface area (Å²) in [6, 6.07) is 3.66. The maximum atomic E-state index is 12.2. The summed E-state index contributed by atoms with van der Waals surface area (Å²) in [7, 11) is 0. The van der Waals surface area contributed by atoms with E-state index in [1.54, 1.807) is 0 Å². The van der Waals surface area contributed by atoms with Crippen molar-refractivity contribution in [2.75, 3.05) is 6.54 Å². The second kappa shape index (κ2) is 5.06. The summed E-state index contributed by atoms with van der Waals surface area (Å²) in [6.07, 6.45) is 0.827. The molecule has 0 saturated heterocycles. The molecule has 2 N–H and O–H groups in total. The summed E-state index contributed by atoms with van der Waals surface area (Å²) in [5.74, 6) is 0.228. The van der Waals surface area contributed by atoms with Crippen LogP contribution in [0.25, 0.3) is 0 Å². The van der Waals surface area contributed by atoms with Gasteiger partial charge in [0.15, 0.2) is 0 Å². The molecular formula is C14H21N3O. The van der Waals surface area contributed by atoms with Gasteiger partial charge in [-0.05, 0) is 24.5 Å². The van der Waals surface area contributed by atoms with Gasteiger partial charge in [0.05, 0.1) is 6.04 Å². The molecule has 1 aliphatic heterocycles. The van der Waals surface area contributed by atoms with E-state index in [0.29, 0.717) is 6.54 Å². The Balaban J connectivity index is 2.12. The molecule has 0 spiro atoms. The van der Waals surface area contributed by atoms with Crippen LogP contribution in [0.1, 0.15) is 30.8 Å². The molecule has 98 valence electrons. The van der Waals surface area contributed by atoms with Crippen LogP contribution >= 0.6 is 0 Å². The van der Waals surface area contributed by atoms with Gasteiger partial charge < -0.3 is 10.6 Å². The predicted molar refractivity (Wildman–Crippen MR) is 70.9 cm³/mol. The van der Waals surface area contributed by atoms with Gasteiger partial charge in [-0.1, -0.05) is 19.9 Å². The maximum Gasteiger partial charge on any atom is 0.240 e. The fraction of sp³-hybridized carbons (Fsp3) is 0.571. The zero-order valence-corrected chi connectivity index (χ0v) is 11.3. The Kier molecular flexibility index (Phi) is 3.66. The molecule has 1 unspecified atom stereocenters. The summed E-state index contributed by atoms with van der Waals surface area (Å²) in [5.41, 5.74) is 9.23. The van der Waals surface area contributed by atoms with Gasteiger partial charge >= 0.3 is 0 Å². The molecule has 4 heteroatoms. The number of aromatic nitrogens is 1. The normalized spacial score (nSPS) is 16.6. The fourth-order valence-electron chi connectivity index (χ4n) is 2.21. The third-order valence-electron chi connectivity index (χ3n) is 3.50. The van der Waals surface area contributed by atoms with Crippen LogP contribution in [-0.2, 0) is 17.8 Å². The van der Waals surface area contributed by atoms with Gasteiger partial charge in [-0.25, -0.2) is 0 Å². The van der Waals surface area contributed by atoms with Gasteiger partial charge in [0, 0.05) is 30.9 Å². The summed E-state index contributed by atoms with van der Waals surface area (Å²) >= 11 is 0. The van der Waals surface area contributed by atoms with Gasteiger partial charge in [0.25, 0.3) is 0 Å². The molecule has 1 atom stereocenters. The van der Waals surface area contributed by atoms with Crippen LogP contribution in [0.15, 0.2) is 12.1 Å². The molecule has 2 rings (SSSR count). The largest absolute Gasteiger partial charge is 0.337 e. The van der Waals surface area contributed by atoms with E-state index in [0.717, 1.165) is 29.9 Å². The monoisotopic (exact) mass is 247 g/mol. The summed E-state index contributed by atoms with van der Waals surface area (Å²) in [4.78, 5) is 18.6. The van der Waals surface area contributed by atoms with Crippen molar-refractivity contribution in [1.82, 2.24) is 9.88 Å². The summed E-state index contributed by atoms with van der Waals surface area (Å²) < 4.78 is 0. The highest BCUT2D eigenvalue weighted by Crippen LogP contribution is 2.18. The minimum Gasteiger partial charge on any atom is -0.337 e. The number of fused-ring (bicyclic) bond motifs is 1. The Morgan fingerprint density at radius 3 is 2.83 bits per heavy atom. The average Bonchev–Trinajstić information content (AvgIpc) is 2.36. The lowest BCUT2D eigenvalue weighted by molar-refractivity contribution is -0.134. The van der Waals surface area contributed by atoms with E-state index >= 15 is 0 Å². The van der Waals surface area contributed by atoms with Crippen LogP contribution in [0.2, 0.25) is 0 Å². The molecule has 2 heterocycles. The van der Waals surface area contributed by atoms with Gasteiger partial charge in [0.1, 0.15) is 0 Å². The van der Waals surface area contributed by atoms with Crippen LogP contribution in [0.3, 0.4) is 0 Å². The number of amides is 1. The number of pyridine rings is 1. The highest BCUT2D eigenvalue weighted by molar-refractivity contribution is 5.82. The van der Waals surface area contributed by atoms with E-state index in [4.69, 9.17) is 5.73 Å². The molecule has 0 saturated carbocycles. The molecule has 0 fully saturated rings. The van der Waals surface area contributed by atoms with Gasteiger partial charge in [0.2, 0.25) is 5.91 Å². The topological polar surface area (TPSA) is 59.2 Å². The number of carbonyl (C=O) groups excluding carboxylic acids is 1. The minimum absolute atomic E-state index is 0.0521. The van der Waals surface area contributed by atoms with E-state index in [2.05, 4.69) is 11.1 Å². The van der Waals surface area contributed by atoms with Crippen LogP contribution in [0.5, 0.6) is 0 Å². The van der Waals surface area contributed by atoms with Crippen molar-refractivity contribution in [3.8, 4) is 0 Å². The van der Waals surface area contributed by atoms with Crippen molar-refractivity contribution in [3.05, 3.63) is 29.1 Å². The van der Waals surface area contributed by atoms with Crippen molar-refractivity contribution in [2.45, 2.75) is 39.8 Å². The van der Waals surface area contributed by atoms with Crippen LogP contribution in [-0.4, -0.2) is 28.4 Å². The fourth-order valence-corrected chi connectivity index (χ4v) is 2.21. The first-order valence-corrected chi connectivity index (χ1v) is 6.49. The number of hydrogen-bond acceptors (Lipinski definition) is 3. The van der Waals surface area contributed by atoms with E-state index in [9.17, 15) is 4.79 Å².